The number of ether oxygens (including phenoxy) is 1. The zero-order valence-electron chi connectivity index (χ0n) is 15.1. The Morgan fingerprint density at radius 3 is 2.77 bits per heavy atom. The van der Waals surface area contributed by atoms with Crippen LogP contribution in [0.2, 0.25) is 0 Å². The maximum Gasteiger partial charge on any atom is 0.310 e. The molecule has 0 aliphatic carbocycles. The maximum absolute atomic E-state index is 12.2. The van der Waals surface area contributed by atoms with Crippen LogP contribution in [0.5, 0.6) is 0 Å². The molecule has 0 aliphatic heterocycles. The van der Waals surface area contributed by atoms with E-state index in [1.807, 2.05) is 43.5 Å². The lowest BCUT2D eigenvalue weighted by molar-refractivity contribution is -0.151. The molecule has 0 atom stereocenters. The summed E-state index contributed by atoms with van der Waals surface area (Å²) in [7, 11) is 1.71. The summed E-state index contributed by atoms with van der Waals surface area (Å²) < 4.78 is 10.6. The van der Waals surface area contributed by atoms with Crippen molar-refractivity contribution in [2.24, 2.45) is 0 Å². The first-order valence-electron chi connectivity index (χ1n) is 8.33. The van der Waals surface area contributed by atoms with Crippen molar-refractivity contribution in [2.75, 3.05) is 13.7 Å². The minimum Gasteiger partial charge on any atom is -0.464 e. The summed E-state index contributed by atoms with van der Waals surface area (Å²) in [5.41, 5.74) is 3.76. The third kappa shape index (κ3) is 4.14. The second-order valence-corrected chi connectivity index (χ2v) is 7.38. The van der Waals surface area contributed by atoms with E-state index in [1.165, 1.54) is 0 Å². The highest BCUT2D eigenvalue weighted by Gasteiger charge is 2.16. The fourth-order valence-corrected chi connectivity index (χ4v) is 3.61. The summed E-state index contributed by atoms with van der Waals surface area (Å²) in [6, 6.07) is 7.85. The molecule has 5 nitrogen and oxygen atoms in total. The Bertz CT molecular complexity index is 940. The first-order chi connectivity index (χ1) is 12.4. The van der Waals surface area contributed by atoms with E-state index in [-0.39, 0.29) is 18.9 Å². The molecule has 0 saturated carbocycles. The van der Waals surface area contributed by atoms with Gasteiger partial charge in [0.25, 0.3) is 5.91 Å². The van der Waals surface area contributed by atoms with Gasteiger partial charge in [-0.25, -0.2) is 0 Å². The second-order valence-electron chi connectivity index (χ2n) is 6.37. The fraction of sp³-hybridized carbons (Fsp3) is 0.300. The molecule has 3 rings (SSSR count). The lowest BCUT2D eigenvalue weighted by atomic mass is 10.1. The molecular formula is C20H21NO4S. The van der Waals surface area contributed by atoms with Gasteiger partial charge < -0.3 is 14.1 Å². The van der Waals surface area contributed by atoms with Gasteiger partial charge in [-0.15, -0.1) is 11.3 Å². The lowest BCUT2D eigenvalue weighted by Crippen LogP contribution is -2.31. The topological polar surface area (TPSA) is 59.8 Å². The van der Waals surface area contributed by atoms with Crippen LogP contribution in [0.3, 0.4) is 0 Å². The quantitative estimate of drug-likeness (QED) is 0.618. The first kappa shape index (κ1) is 18.2. The van der Waals surface area contributed by atoms with Crippen LogP contribution in [0.25, 0.3) is 11.0 Å². The zero-order chi connectivity index (χ0) is 18.7. The highest BCUT2D eigenvalue weighted by Crippen LogP contribution is 2.23. The molecule has 26 heavy (non-hydrogen) atoms. The van der Waals surface area contributed by atoms with Crippen molar-refractivity contribution in [3.63, 3.8) is 0 Å². The van der Waals surface area contributed by atoms with Crippen LogP contribution < -0.4 is 0 Å². The number of likely N-dealkylation sites (N-methyl/N-ethyl adjacent to an activating group) is 1. The number of rotatable bonds is 6. The first-order valence-corrected chi connectivity index (χ1v) is 9.21. The molecule has 2 aromatic heterocycles. The summed E-state index contributed by atoms with van der Waals surface area (Å²) in [6.07, 6.45) is 1.65. The van der Waals surface area contributed by atoms with E-state index in [9.17, 15) is 9.59 Å². The van der Waals surface area contributed by atoms with Crippen LogP contribution in [0.15, 0.2) is 40.3 Å². The molecule has 0 saturated heterocycles. The standard InChI is InChI=1S/C20H21NO4S/c1-13-4-5-16-15(11-24-17(16)8-13)9-20(23)25-12-19(22)21(3)10-18-14(2)6-7-26-18/h4-8,11H,9-10,12H2,1-3H3. The van der Waals surface area contributed by atoms with E-state index in [0.29, 0.717) is 6.54 Å². The lowest BCUT2D eigenvalue weighted by Gasteiger charge is -2.16. The monoisotopic (exact) mass is 371 g/mol. The van der Waals surface area contributed by atoms with Crippen LogP contribution in [-0.4, -0.2) is 30.4 Å². The molecule has 0 spiro atoms. The summed E-state index contributed by atoms with van der Waals surface area (Å²) in [5, 5.41) is 2.89. The molecule has 0 N–H and O–H groups in total. The normalized spacial score (nSPS) is 10.9. The van der Waals surface area contributed by atoms with E-state index in [4.69, 9.17) is 9.15 Å². The van der Waals surface area contributed by atoms with Gasteiger partial charge in [-0.05, 0) is 42.5 Å². The molecule has 1 amide bonds. The zero-order valence-corrected chi connectivity index (χ0v) is 15.9. The Balaban J connectivity index is 1.53. The molecule has 0 aliphatic rings. The largest absolute Gasteiger partial charge is 0.464 e. The summed E-state index contributed by atoms with van der Waals surface area (Å²) in [4.78, 5) is 27.0. The minimum atomic E-state index is -0.442. The maximum atomic E-state index is 12.2. The van der Waals surface area contributed by atoms with Gasteiger partial charge in [-0.1, -0.05) is 12.1 Å². The van der Waals surface area contributed by atoms with Gasteiger partial charge in [-0.3, -0.25) is 9.59 Å². The molecule has 0 unspecified atom stereocenters. The molecule has 6 heteroatoms. The Kier molecular flexibility index (Phi) is 5.42. The number of hydrogen-bond acceptors (Lipinski definition) is 5. The molecular weight excluding hydrogens is 350 g/mol. The van der Waals surface area contributed by atoms with Crippen LogP contribution in [0, 0.1) is 13.8 Å². The molecule has 0 bridgehead atoms. The smallest absolute Gasteiger partial charge is 0.310 e. The van der Waals surface area contributed by atoms with Crippen molar-refractivity contribution in [1.82, 2.24) is 4.90 Å². The number of aryl methyl sites for hydroxylation is 2. The van der Waals surface area contributed by atoms with Crippen molar-refractivity contribution in [2.45, 2.75) is 26.8 Å². The molecule has 136 valence electrons. The molecule has 3 aromatic rings. The number of thiophene rings is 1. The molecule has 0 fully saturated rings. The number of nitrogens with zero attached hydrogens (tertiary/aromatic N) is 1. The third-order valence-corrected chi connectivity index (χ3v) is 5.29. The van der Waals surface area contributed by atoms with Crippen molar-refractivity contribution >= 4 is 34.2 Å². The van der Waals surface area contributed by atoms with Gasteiger partial charge in [0, 0.05) is 22.9 Å². The van der Waals surface area contributed by atoms with Gasteiger partial charge in [0.05, 0.1) is 19.2 Å². The number of amides is 1. The number of fused-ring (bicyclic) bond motifs is 1. The molecule has 2 heterocycles. The number of benzene rings is 1. The van der Waals surface area contributed by atoms with E-state index >= 15 is 0 Å². The number of furan rings is 1. The van der Waals surface area contributed by atoms with E-state index in [1.54, 1.807) is 29.5 Å². The Morgan fingerprint density at radius 2 is 2.04 bits per heavy atom. The summed E-state index contributed by atoms with van der Waals surface area (Å²) in [6.45, 7) is 4.26. The number of carbonyl (C=O) groups is 2. The number of esters is 1. The van der Waals surface area contributed by atoms with Crippen LogP contribution in [0.1, 0.15) is 21.6 Å². The van der Waals surface area contributed by atoms with Crippen LogP contribution >= 0.6 is 11.3 Å². The average molecular weight is 371 g/mol. The van der Waals surface area contributed by atoms with Gasteiger partial charge in [0.2, 0.25) is 0 Å². The van der Waals surface area contributed by atoms with Gasteiger partial charge in [-0.2, -0.15) is 0 Å². The highest BCUT2D eigenvalue weighted by atomic mass is 32.1. The van der Waals surface area contributed by atoms with Crippen molar-refractivity contribution in [3.05, 3.63) is 57.5 Å². The Hall–Kier alpha value is -2.60. The number of hydrogen-bond donors (Lipinski definition) is 0. The Morgan fingerprint density at radius 1 is 1.23 bits per heavy atom. The Labute approximate surface area is 156 Å². The van der Waals surface area contributed by atoms with E-state index in [2.05, 4.69) is 0 Å². The molecule has 1 aromatic carbocycles. The van der Waals surface area contributed by atoms with Gasteiger partial charge >= 0.3 is 5.97 Å². The predicted molar refractivity (Wildman–Crippen MR) is 101 cm³/mol. The summed E-state index contributed by atoms with van der Waals surface area (Å²) in [5.74, 6) is -0.666. The van der Waals surface area contributed by atoms with Gasteiger partial charge in [0.15, 0.2) is 6.61 Å². The van der Waals surface area contributed by atoms with E-state index < -0.39 is 5.97 Å². The highest BCUT2D eigenvalue weighted by molar-refractivity contribution is 7.10. The SMILES string of the molecule is Cc1ccc2c(CC(=O)OCC(=O)N(C)Cc3sccc3C)coc2c1. The van der Waals surface area contributed by atoms with Crippen molar-refractivity contribution in [1.29, 1.82) is 0 Å². The predicted octanol–water partition coefficient (Wildman–Crippen LogP) is 3.86. The van der Waals surface area contributed by atoms with E-state index in [0.717, 1.165) is 32.5 Å². The minimum absolute atomic E-state index is 0.0804. The van der Waals surface area contributed by atoms with Crippen LogP contribution in [0.4, 0.5) is 0 Å². The van der Waals surface area contributed by atoms with Crippen LogP contribution in [-0.2, 0) is 27.3 Å². The average Bonchev–Trinajstić information content (AvgIpc) is 3.19. The molecule has 0 radical (unpaired) electrons. The number of carbonyl (C=O) groups excluding carboxylic acids is 2. The van der Waals surface area contributed by atoms with Crippen molar-refractivity contribution in [3.8, 4) is 0 Å². The fourth-order valence-electron chi connectivity index (χ4n) is 2.66. The van der Waals surface area contributed by atoms with Gasteiger partial charge in [0.1, 0.15) is 5.58 Å². The summed E-state index contributed by atoms with van der Waals surface area (Å²) >= 11 is 1.61. The third-order valence-electron chi connectivity index (χ3n) is 4.28. The second kappa shape index (κ2) is 7.74. The van der Waals surface area contributed by atoms with Crippen molar-refractivity contribution < 1.29 is 18.7 Å².